The van der Waals surface area contributed by atoms with Gasteiger partial charge in [0.05, 0.1) is 11.1 Å². The quantitative estimate of drug-likeness (QED) is 0.352. The van der Waals surface area contributed by atoms with Crippen LogP contribution in [0.5, 0.6) is 0 Å². The highest BCUT2D eigenvalue weighted by atomic mass is 32.2. The fourth-order valence-electron chi connectivity index (χ4n) is 3.25. The minimum Gasteiger partial charge on any atom is -0.444 e. The molecule has 0 spiro atoms. The van der Waals surface area contributed by atoms with Crippen molar-refractivity contribution in [3.05, 3.63) is 48.5 Å². The number of aromatic nitrogens is 1. The van der Waals surface area contributed by atoms with E-state index >= 15 is 0 Å². The van der Waals surface area contributed by atoms with E-state index in [-0.39, 0.29) is 11.7 Å². The molecule has 3 heterocycles. The summed E-state index contributed by atoms with van der Waals surface area (Å²) in [6.07, 6.45) is -0.110. The van der Waals surface area contributed by atoms with Crippen LogP contribution in [0.4, 0.5) is 10.5 Å². The molecule has 1 amide bonds. The molecule has 2 unspecified atom stereocenters. The number of hydrogen-bond acceptors (Lipinski definition) is 9. The Morgan fingerprint density at radius 1 is 1.30 bits per heavy atom. The third-order valence-electron chi connectivity index (χ3n) is 4.59. The first kappa shape index (κ1) is 23.3. The smallest absolute Gasteiger partial charge is 0.409 e. The van der Waals surface area contributed by atoms with Crippen LogP contribution in [-0.4, -0.2) is 43.9 Å². The molecule has 4 rings (SSSR count). The van der Waals surface area contributed by atoms with Gasteiger partial charge in [-0.2, -0.15) is 0 Å². The van der Waals surface area contributed by atoms with Crippen molar-refractivity contribution in [3.63, 3.8) is 0 Å². The Kier molecular flexibility index (Phi) is 6.23. The lowest BCUT2D eigenvalue weighted by Gasteiger charge is -2.24. The average Bonchev–Trinajstić information content (AvgIpc) is 3.45. The van der Waals surface area contributed by atoms with E-state index in [1.165, 1.54) is 18.7 Å². The number of amides is 1. The van der Waals surface area contributed by atoms with Gasteiger partial charge in [0, 0.05) is 5.69 Å². The van der Waals surface area contributed by atoms with Crippen LogP contribution in [0.15, 0.2) is 51.5 Å². The SMILES string of the molecule is CC(C)(C)OC(=O)NC(O)C1OBc2cc(NS(=O)(=O)c3ccc(-c4cnco4)s3)ccc21. The van der Waals surface area contributed by atoms with Crippen LogP contribution in [0.1, 0.15) is 32.4 Å². The molecule has 3 aromatic rings. The van der Waals surface area contributed by atoms with E-state index in [9.17, 15) is 18.3 Å². The molecule has 2 atom stereocenters. The van der Waals surface area contributed by atoms with Crippen molar-refractivity contribution in [1.29, 1.82) is 0 Å². The number of fused-ring (bicyclic) bond motifs is 1. The predicted octanol–water partition coefficient (Wildman–Crippen LogP) is 2.10. The number of rotatable bonds is 6. The standard InChI is InChI=1S/C20H22BN3O7S2/c1-20(2,3)30-19(26)23-18(25)17-12-5-4-11(8-13(12)21-31-17)24-33(27,28)16-7-6-15(32-16)14-9-22-10-29-14/h4-10,17-18,21,24-25H,1-3H3,(H,23,26). The van der Waals surface area contributed by atoms with Crippen LogP contribution in [0, 0.1) is 0 Å². The van der Waals surface area contributed by atoms with Crippen LogP contribution in [0.2, 0.25) is 0 Å². The van der Waals surface area contributed by atoms with Gasteiger partial charge in [-0.05, 0) is 56.1 Å². The Labute approximate surface area is 195 Å². The van der Waals surface area contributed by atoms with Crippen molar-refractivity contribution in [2.45, 2.75) is 42.9 Å². The number of carbonyl (C=O) groups is 1. The number of nitrogens with zero attached hydrogens (tertiary/aromatic N) is 1. The molecule has 0 radical (unpaired) electrons. The second-order valence-corrected chi connectivity index (χ2v) is 11.3. The fraction of sp³-hybridized carbons (Fsp3) is 0.300. The molecular formula is C20H22BN3O7S2. The summed E-state index contributed by atoms with van der Waals surface area (Å²) >= 11 is 1.06. The van der Waals surface area contributed by atoms with Crippen molar-refractivity contribution in [1.82, 2.24) is 10.3 Å². The maximum atomic E-state index is 12.8. The van der Waals surface area contributed by atoms with Gasteiger partial charge in [-0.1, -0.05) is 6.07 Å². The van der Waals surface area contributed by atoms with Crippen molar-refractivity contribution >= 4 is 46.1 Å². The number of sulfonamides is 1. The number of carbonyl (C=O) groups excluding carboxylic acids is 1. The second kappa shape index (κ2) is 8.82. The lowest BCUT2D eigenvalue weighted by atomic mass is 9.86. The molecule has 10 nitrogen and oxygen atoms in total. The maximum Gasteiger partial charge on any atom is 0.409 e. The van der Waals surface area contributed by atoms with Crippen molar-refractivity contribution in [2.24, 2.45) is 0 Å². The van der Waals surface area contributed by atoms with Crippen LogP contribution < -0.4 is 15.5 Å². The van der Waals surface area contributed by atoms with E-state index in [4.69, 9.17) is 13.8 Å². The largest absolute Gasteiger partial charge is 0.444 e. The third kappa shape index (κ3) is 5.38. The summed E-state index contributed by atoms with van der Waals surface area (Å²) in [7, 11) is -3.67. The Morgan fingerprint density at radius 2 is 2.09 bits per heavy atom. The lowest BCUT2D eigenvalue weighted by Crippen LogP contribution is -2.42. The number of anilines is 1. The normalized spacial score (nSPS) is 16.5. The molecule has 0 bridgehead atoms. The highest BCUT2D eigenvalue weighted by Gasteiger charge is 2.32. The predicted molar refractivity (Wildman–Crippen MR) is 123 cm³/mol. The van der Waals surface area contributed by atoms with Gasteiger partial charge < -0.3 is 18.9 Å². The highest BCUT2D eigenvalue weighted by molar-refractivity contribution is 7.94. The number of ether oxygens (including phenoxy) is 1. The van der Waals surface area contributed by atoms with Gasteiger partial charge in [-0.15, -0.1) is 11.3 Å². The first-order valence-electron chi connectivity index (χ1n) is 9.95. The minimum atomic E-state index is -3.82. The van der Waals surface area contributed by atoms with Crippen molar-refractivity contribution < 1.29 is 32.1 Å². The molecule has 3 N–H and O–H groups in total. The molecule has 2 aromatic heterocycles. The average molecular weight is 491 g/mol. The molecule has 1 aliphatic rings. The summed E-state index contributed by atoms with van der Waals surface area (Å²) in [5.41, 5.74) is 0.980. The van der Waals surface area contributed by atoms with E-state index in [0.29, 0.717) is 27.4 Å². The van der Waals surface area contributed by atoms with E-state index in [0.717, 1.165) is 11.3 Å². The van der Waals surface area contributed by atoms with Crippen molar-refractivity contribution in [2.75, 3.05) is 4.72 Å². The van der Waals surface area contributed by atoms with E-state index in [1.54, 1.807) is 45.0 Å². The van der Waals surface area contributed by atoms with Gasteiger partial charge >= 0.3 is 13.6 Å². The van der Waals surface area contributed by atoms with Gasteiger partial charge in [0.15, 0.2) is 18.4 Å². The summed E-state index contributed by atoms with van der Waals surface area (Å²) < 4.78 is 44.3. The third-order valence-corrected chi connectivity index (χ3v) is 7.57. The summed E-state index contributed by atoms with van der Waals surface area (Å²) in [5, 5.41) is 12.7. The molecule has 0 saturated carbocycles. The topological polar surface area (TPSA) is 140 Å². The van der Waals surface area contributed by atoms with E-state index in [1.807, 2.05) is 0 Å². The molecule has 1 aromatic carbocycles. The fourth-order valence-corrected chi connectivity index (χ4v) is 5.55. The number of hydrogen-bond donors (Lipinski definition) is 3. The number of aliphatic hydroxyl groups is 1. The van der Waals surface area contributed by atoms with Gasteiger partial charge in [-0.25, -0.2) is 18.2 Å². The first-order valence-corrected chi connectivity index (χ1v) is 12.3. The number of oxazole rings is 1. The maximum absolute atomic E-state index is 12.8. The minimum absolute atomic E-state index is 0.125. The Balaban J connectivity index is 1.45. The van der Waals surface area contributed by atoms with Crippen LogP contribution >= 0.6 is 11.3 Å². The molecule has 0 saturated heterocycles. The van der Waals surface area contributed by atoms with Gasteiger partial charge in [0.1, 0.15) is 15.9 Å². The van der Waals surface area contributed by atoms with Gasteiger partial charge in [0.25, 0.3) is 10.0 Å². The van der Waals surface area contributed by atoms with Crippen LogP contribution in [0.3, 0.4) is 0 Å². The molecule has 1 aliphatic heterocycles. The highest BCUT2D eigenvalue weighted by Crippen LogP contribution is 2.32. The summed E-state index contributed by atoms with van der Waals surface area (Å²) in [4.78, 5) is 16.4. The van der Waals surface area contributed by atoms with Crippen LogP contribution in [0.25, 0.3) is 10.6 Å². The number of thiophene rings is 1. The van der Waals surface area contributed by atoms with Gasteiger partial charge in [0.2, 0.25) is 0 Å². The van der Waals surface area contributed by atoms with E-state index in [2.05, 4.69) is 15.0 Å². The number of aliphatic hydroxyl groups excluding tert-OH is 1. The molecular weight excluding hydrogens is 469 g/mol. The zero-order valence-corrected chi connectivity index (χ0v) is 19.7. The van der Waals surface area contributed by atoms with Gasteiger partial charge in [-0.3, -0.25) is 10.0 Å². The first-order chi connectivity index (χ1) is 15.5. The summed E-state index contributed by atoms with van der Waals surface area (Å²) in [6, 6.07) is 8.01. The zero-order valence-electron chi connectivity index (χ0n) is 18.1. The Morgan fingerprint density at radius 3 is 2.79 bits per heavy atom. The zero-order chi connectivity index (χ0) is 23.8. The number of alkyl carbamates (subject to hydrolysis) is 1. The molecule has 174 valence electrons. The summed E-state index contributed by atoms with van der Waals surface area (Å²) in [5.74, 6) is 0.487. The summed E-state index contributed by atoms with van der Waals surface area (Å²) in [6.45, 7) is 5.15. The molecule has 0 aliphatic carbocycles. The Bertz CT molecular complexity index is 1250. The molecule has 13 heteroatoms. The number of nitrogens with one attached hydrogen (secondary N) is 2. The Hall–Kier alpha value is -2.87. The van der Waals surface area contributed by atoms with Crippen molar-refractivity contribution in [3.8, 4) is 10.6 Å². The monoisotopic (exact) mass is 491 g/mol. The second-order valence-electron chi connectivity index (χ2n) is 8.33. The molecule has 0 fully saturated rings. The van der Waals surface area contributed by atoms with E-state index < -0.39 is 34.0 Å². The lowest BCUT2D eigenvalue weighted by molar-refractivity contribution is -0.000296. The van der Waals surface area contributed by atoms with Crippen LogP contribution in [-0.2, 0) is 19.4 Å². The number of benzene rings is 1. The molecule has 33 heavy (non-hydrogen) atoms.